The molecule has 1 aromatic heterocycles. The number of hydrogen-bond donors (Lipinski definition) is 3. The van der Waals surface area contributed by atoms with Crippen molar-refractivity contribution in [3.63, 3.8) is 0 Å². The van der Waals surface area contributed by atoms with Crippen LogP contribution in [0.4, 0.5) is 16.2 Å². The first-order valence-electron chi connectivity index (χ1n) is 7.64. The molecule has 1 aromatic carbocycles. The topological polar surface area (TPSA) is 104 Å². The average Bonchev–Trinajstić information content (AvgIpc) is 3.09. The first-order chi connectivity index (χ1) is 12.0. The summed E-state index contributed by atoms with van der Waals surface area (Å²) in [7, 11) is 3.32. The van der Waals surface area contributed by atoms with Gasteiger partial charge in [-0.3, -0.25) is 9.59 Å². The number of amides is 4. The molecule has 0 unspecified atom stereocenters. The largest absolute Gasteiger partial charge is 0.472 e. The second kappa shape index (κ2) is 8.53. The highest BCUT2D eigenvalue weighted by Gasteiger charge is 2.09. The van der Waals surface area contributed by atoms with E-state index in [0.717, 1.165) is 0 Å². The van der Waals surface area contributed by atoms with Crippen molar-refractivity contribution in [1.29, 1.82) is 0 Å². The van der Waals surface area contributed by atoms with Crippen molar-refractivity contribution in [2.24, 2.45) is 0 Å². The van der Waals surface area contributed by atoms with Gasteiger partial charge < -0.3 is 25.3 Å². The summed E-state index contributed by atoms with van der Waals surface area (Å²) < 4.78 is 4.87. The predicted octanol–water partition coefficient (Wildman–Crippen LogP) is 2.13. The number of nitrogens with zero attached hydrogens (tertiary/aromatic N) is 1. The van der Waals surface area contributed by atoms with Crippen molar-refractivity contribution < 1.29 is 18.8 Å². The van der Waals surface area contributed by atoms with E-state index in [9.17, 15) is 14.4 Å². The highest BCUT2D eigenvalue weighted by molar-refractivity contribution is 6.04. The van der Waals surface area contributed by atoms with Gasteiger partial charge >= 0.3 is 6.03 Å². The Bertz CT molecular complexity index is 741. The lowest BCUT2D eigenvalue weighted by atomic mass is 10.2. The van der Waals surface area contributed by atoms with Gasteiger partial charge in [-0.2, -0.15) is 0 Å². The fraction of sp³-hybridized carbons (Fsp3) is 0.235. The molecular weight excluding hydrogens is 324 g/mol. The van der Waals surface area contributed by atoms with Crippen molar-refractivity contribution in [2.45, 2.75) is 6.42 Å². The molecule has 132 valence electrons. The van der Waals surface area contributed by atoms with Crippen molar-refractivity contribution in [2.75, 3.05) is 31.3 Å². The maximum atomic E-state index is 12.0. The number of carbonyl (C=O) groups is 3. The zero-order chi connectivity index (χ0) is 18.2. The van der Waals surface area contributed by atoms with E-state index >= 15 is 0 Å². The van der Waals surface area contributed by atoms with Crippen LogP contribution < -0.4 is 16.0 Å². The van der Waals surface area contributed by atoms with Gasteiger partial charge in [-0.1, -0.05) is 6.07 Å². The Balaban J connectivity index is 1.85. The van der Waals surface area contributed by atoms with Gasteiger partial charge in [0.2, 0.25) is 5.91 Å². The van der Waals surface area contributed by atoms with Crippen molar-refractivity contribution >= 4 is 29.2 Å². The second-order valence-electron chi connectivity index (χ2n) is 5.47. The third-order valence-corrected chi connectivity index (χ3v) is 3.28. The third-order valence-electron chi connectivity index (χ3n) is 3.28. The second-order valence-corrected chi connectivity index (χ2v) is 5.47. The molecule has 8 nitrogen and oxygen atoms in total. The van der Waals surface area contributed by atoms with Gasteiger partial charge in [0.15, 0.2) is 0 Å². The lowest BCUT2D eigenvalue weighted by Gasteiger charge is -2.11. The molecule has 3 N–H and O–H groups in total. The minimum absolute atomic E-state index is 0.0655. The van der Waals surface area contributed by atoms with Crippen LogP contribution in [0.1, 0.15) is 16.8 Å². The van der Waals surface area contributed by atoms with E-state index in [1.807, 2.05) is 0 Å². The van der Waals surface area contributed by atoms with Gasteiger partial charge in [-0.15, -0.1) is 0 Å². The lowest BCUT2D eigenvalue weighted by Crippen LogP contribution is -2.33. The van der Waals surface area contributed by atoms with E-state index in [4.69, 9.17) is 4.42 Å². The summed E-state index contributed by atoms with van der Waals surface area (Å²) in [5.74, 6) is -0.373. The third kappa shape index (κ3) is 5.69. The van der Waals surface area contributed by atoms with Gasteiger partial charge in [0.25, 0.3) is 5.91 Å². The Hall–Kier alpha value is -3.29. The normalized spacial score (nSPS) is 10.0. The quantitative estimate of drug-likeness (QED) is 0.747. The molecular formula is C17H20N4O4. The summed E-state index contributed by atoms with van der Waals surface area (Å²) in [6, 6.07) is 7.86. The first-order valence-corrected chi connectivity index (χ1v) is 7.64. The maximum Gasteiger partial charge on any atom is 0.319 e. The van der Waals surface area contributed by atoms with Gasteiger partial charge in [0.1, 0.15) is 6.26 Å². The Labute approximate surface area is 145 Å². The molecule has 4 amide bonds. The highest BCUT2D eigenvalue weighted by atomic mass is 16.3. The summed E-state index contributed by atoms with van der Waals surface area (Å²) in [5, 5.41) is 7.96. The van der Waals surface area contributed by atoms with Crippen molar-refractivity contribution in [1.82, 2.24) is 10.2 Å². The maximum absolute atomic E-state index is 12.0. The van der Waals surface area contributed by atoms with Crippen LogP contribution in [0.25, 0.3) is 0 Å². The van der Waals surface area contributed by atoms with Gasteiger partial charge in [0, 0.05) is 38.4 Å². The minimum atomic E-state index is -0.426. The molecule has 0 saturated heterocycles. The van der Waals surface area contributed by atoms with Crippen LogP contribution in [-0.4, -0.2) is 43.4 Å². The number of rotatable bonds is 6. The summed E-state index contributed by atoms with van der Waals surface area (Å²) >= 11 is 0. The molecule has 0 aliphatic heterocycles. The smallest absolute Gasteiger partial charge is 0.319 e. The van der Waals surface area contributed by atoms with Crippen LogP contribution in [0.5, 0.6) is 0 Å². The predicted molar refractivity (Wildman–Crippen MR) is 93.4 cm³/mol. The molecule has 2 rings (SSSR count). The lowest BCUT2D eigenvalue weighted by molar-refractivity contribution is -0.128. The molecule has 1 heterocycles. The molecule has 0 radical (unpaired) electrons. The Morgan fingerprint density at radius 3 is 2.44 bits per heavy atom. The summed E-state index contributed by atoms with van der Waals surface area (Å²) in [6.07, 6.45) is 2.99. The Morgan fingerprint density at radius 2 is 1.80 bits per heavy atom. The van der Waals surface area contributed by atoms with Crippen LogP contribution in [0.2, 0.25) is 0 Å². The Morgan fingerprint density at radius 1 is 1.08 bits per heavy atom. The van der Waals surface area contributed by atoms with Gasteiger partial charge in [-0.05, 0) is 24.3 Å². The van der Waals surface area contributed by atoms with E-state index in [-0.39, 0.29) is 24.8 Å². The number of hydrogen-bond acceptors (Lipinski definition) is 4. The van der Waals surface area contributed by atoms with Crippen LogP contribution in [0.15, 0.2) is 47.3 Å². The summed E-state index contributed by atoms with van der Waals surface area (Å²) in [4.78, 5) is 36.7. The molecule has 0 spiro atoms. The van der Waals surface area contributed by atoms with Crippen LogP contribution in [0, 0.1) is 0 Å². The average molecular weight is 344 g/mol. The molecule has 0 fully saturated rings. The number of nitrogens with one attached hydrogen (secondary N) is 3. The summed E-state index contributed by atoms with van der Waals surface area (Å²) in [5.41, 5.74) is 1.45. The molecule has 0 aliphatic carbocycles. The molecule has 0 saturated carbocycles. The monoisotopic (exact) mass is 344 g/mol. The first kappa shape index (κ1) is 18.1. The number of urea groups is 1. The molecule has 2 aromatic rings. The van der Waals surface area contributed by atoms with Crippen LogP contribution in [0.3, 0.4) is 0 Å². The molecule has 0 aliphatic rings. The van der Waals surface area contributed by atoms with Crippen LogP contribution in [-0.2, 0) is 4.79 Å². The minimum Gasteiger partial charge on any atom is -0.472 e. The van der Waals surface area contributed by atoms with E-state index in [0.29, 0.717) is 16.9 Å². The fourth-order valence-corrected chi connectivity index (χ4v) is 1.95. The zero-order valence-corrected chi connectivity index (χ0v) is 14.0. The van der Waals surface area contributed by atoms with Gasteiger partial charge in [0.05, 0.1) is 11.8 Å². The fourth-order valence-electron chi connectivity index (χ4n) is 1.95. The Kier molecular flexibility index (Phi) is 6.16. The van der Waals surface area contributed by atoms with E-state index < -0.39 is 6.03 Å². The molecule has 8 heteroatoms. The molecule has 0 bridgehead atoms. The standard InChI is InChI=1S/C17H20N4O4/c1-21(2)15(22)6-8-18-17(24)20-14-5-3-4-13(10-14)19-16(23)12-7-9-25-11-12/h3-5,7,9-11H,6,8H2,1-2H3,(H,19,23)(H2,18,20,24). The van der Waals surface area contributed by atoms with Crippen LogP contribution >= 0.6 is 0 Å². The van der Waals surface area contributed by atoms with Crippen molar-refractivity contribution in [3.8, 4) is 0 Å². The number of furan rings is 1. The number of benzene rings is 1. The van der Waals surface area contributed by atoms with E-state index in [1.54, 1.807) is 44.4 Å². The van der Waals surface area contributed by atoms with Crippen molar-refractivity contribution in [3.05, 3.63) is 48.4 Å². The van der Waals surface area contributed by atoms with Gasteiger partial charge in [-0.25, -0.2) is 4.79 Å². The summed E-state index contributed by atoms with van der Waals surface area (Å²) in [6.45, 7) is 0.236. The SMILES string of the molecule is CN(C)C(=O)CCNC(=O)Nc1cccc(NC(=O)c2ccoc2)c1. The zero-order valence-electron chi connectivity index (χ0n) is 14.0. The van der Waals surface area contributed by atoms with E-state index in [1.165, 1.54) is 17.4 Å². The number of anilines is 2. The highest BCUT2D eigenvalue weighted by Crippen LogP contribution is 2.16. The molecule has 0 atom stereocenters. The number of carbonyl (C=O) groups excluding carboxylic acids is 3. The van der Waals surface area contributed by atoms with E-state index in [2.05, 4.69) is 16.0 Å². The molecule has 25 heavy (non-hydrogen) atoms.